The normalized spacial score (nSPS) is 21.5. The predicted molar refractivity (Wildman–Crippen MR) is 77.1 cm³/mol. The van der Waals surface area contributed by atoms with Crippen LogP contribution >= 0.6 is 0 Å². The van der Waals surface area contributed by atoms with Gasteiger partial charge >= 0.3 is 0 Å². The van der Waals surface area contributed by atoms with Crippen molar-refractivity contribution in [1.82, 2.24) is 5.01 Å². The Kier molecular flexibility index (Phi) is 4.46. The molecule has 1 N–H and O–H groups in total. The second-order valence-corrected chi connectivity index (χ2v) is 5.50. The number of hydrogen-bond donors (Lipinski definition) is 1. The predicted octanol–water partition coefficient (Wildman–Crippen LogP) is 2.65. The molecule has 22 heavy (non-hydrogen) atoms. The molecule has 1 unspecified atom stereocenters. The maximum Gasteiger partial charge on any atom is 0.287 e. The summed E-state index contributed by atoms with van der Waals surface area (Å²) in [7, 11) is 0. The van der Waals surface area contributed by atoms with E-state index in [9.17, 15) is 18.7 Å². The fourth-order valence-corrected chi connectivity index (χ4v) is 2.21. The zero-order valence-corrected chi connectivity index (χ0v) is 12.6. The van der Waals surface area contributed by atoms with Crippen molar-refractivity contribution >= 4 is 11.6 Å². The Morgan fingerprint density at radius 3 is 2.45 bits per heavy atom. The van der Waals surface area contributed by atoms with Gasteiger partial charge in [-0.2, -0.15) is 10.1 Å². The Labute approximate surface area is 127 Å². The smallest absolute Gasteiger partial charge is 0.287 e. The Balaban J connectivity index is 2.23. The summed E-state index contributed by atoms with van der Waals surface area (Å²) in [5.74, 6) is -0.215. The summed E-state index contributed by atoms with van der Waals surface area (Å²) < 4.78 is 31.6. The lowest BCUT2D eigenvalue weighted by molar-refractivity contribution is -0.164. The first kappa shape index (κ1) is 16.4. The third kappa shape index (κ3) is 3.09. The minimum atomic E-state index is -3.11. The number of halogens is 2. The fourth-order valence-electron chi connectivity index (χ4n) is 2.21. The van der Waals surface area contributed by atoms with E-state index in [4.69, 9.17) is 4.74 Å². The van der Waals surface area contributed by atoms with Gasteiger partial charge in [0.2, 0.25) is 5.72 Å². The molecule has 1 heterocycles. The molecule has 0 saturated carbocycles. The van der Waals surface area contributed by atoms with Crippen molar-refractivity contribution in [2.45, 2.75) is 45.4 Å². The van der Waals surface area contributed by atoms with Crippen LogP contribution in [0.3, 0.4) is 0 Å². The van der Waals surface area contributed by atoms with Gasteiger partial charge in [-0.1, -0.05) is 0 Å². The molecule has 1 aromatic rings. The maximum atomic E-state index is 13.1. The molecule has 0 aromatic heterocycles. The summed E-state index contributed by atoms with van der Waals surface area (Å²) in [6.45, 7) is 5.22. The number of aliphatic hydroxyl groups is 1. The molecule has 2 rings (SSSR count). The monoisotopic (exact) mass is 312 g/mol. The number of alkyl halides is 2. The van der Waals surface area contributed by atoms with Crippen LogP contribution in [0.5, 0.6) is 5.75 Å². The molecule has 1 atom stereocenters. The number of carbonyl (C=O) groups excluding carboxylic acids is 1. The first-order valence-electron chi connectivity index (χ1n) is 6.90. The SMILES string of the molecule is CC1=NN(C(=O)c2ccc(OC(C)C)cc2)C(O)(C(F)F)C1. The van der Waals surface area contributed by atoms with Crippen molar-refractivity contribution in [3.63, 3.8) is 0 Å². The van der Waals surface area contributed by atoms with E-state index in [1.165, 1.54) is 19.1 Å². The van der Waals surface area contributed by atoms with Crippen LogP contribution in [0, 0.1) is 0 Å². The average molecular weight is 312 g/mol. The lowest BCUT2D eigenvalue weighted by Gasteiger charge is -2.30. The van der Waals surface area contributed by atoms with Crippen LogP contribution in [0.1, 0.15) is 37.6 Å². The lowest BCUT2D eigenvalue weighted by atomic mass is 10.1. The van der Waals surface area contributed by atoms with Crippen LogP contribution in [0.2, 0.25) is 0 Å². The van der Waals surface area contributed by atoms with Crippen molar-refractivity contribution in [2.75, 3.05) is 0 Å². The number of hydrazone groups is 1. The Hall–Kier alpha value is -2.02. The minimum Gasteiger partial charge on any atom is -0.491 e. The highest BCUT2D eigenvalue weighted by Gasteiger charge is 2.51. The maximum absolute atomic E-state index is 13.1. The van der Waals surface area contributed by atoms with Gasteiger partial charge in [-0.3, -0.25) is 4.79 Å². The largest absolute Gasteiger partial charge is 0.491 e. The number of hydrogen-bond acceptors (Lipinski definition) is 4. The van der Waals surface area contributed by atoms with E-state index in [0.717, 1.165) is 0 Å². The summed E-state index contributed by atoms with van der Waals surface area (Å²) in [5, 5.41) is 14.2. The van der Waals surface area contributed by atoms with E-state index >= 15 is 0 Å². The molecule has 5 nitrogen and oxygen atoms in total. The van der Waals surface area contributed by atoms with Crippen LogP contribution in [0.15, 0.2) is 29.4 Å². The molecule has 0 fully saturated rings. The highest BCUT2D eigenvalue weighted by atomic mass is 19.3. The molecule has 0 spiro atoms. The molecule has 0 radical (unpaired) electrons. The summed E-state index contributed by atoms with van der Waals surface area (Å²) in [6, 6.07) is 6.05. The van der Waals surface area contributed by atoms with Gasteiger partial charge in [0, 0.05) is 17.7 Å². The van der Waals surface area contributed by atoms with Gasteiger partial charge < -0.3 is 9.84 Å². The zero-order valence-electron chi connectivity index (χ0n) is 12.6. The Morgan fingerprint density at radius 1 is 1.36 bits per heavy atom. The minimum absolute atomic E-state index is 0.0173. The van der Waals surface area contributed by atoms with Crippen molar-refractivity contribution in [3.05, 3.63) is 29.8 Å². The van der Waals surface area contributed by atoms with Crippen LogP contribution in [-0.4, -0.2) is 40.0 Å². The molecule has 1 aliphatic heterocycles. The number of rotatable bonds is 4. The van der Waals surface area contributed by atoms with E-state index < -0.39 is 18.1 Å². The van der Waals surface area contributed by atoms with Crippen molar-refractivity contribution < 1.29 is 23.4 Å². The van der Waals surface area contributed by atoms with Crippen molar-refractivity contribution in [1.29, 1.82) is 0 Å². The first-order chi connectivity index (χ1) is 10.2. The van der Waals surface area contributed by atoms with E-state index in [0.29, 0.717) is 10.8 Å². The van der Waals surface area contributed by atoms with Crippen LogP contribution in [0.25, 0.3) is 0 Å². The molecule has 1 aliphatic rings. The van der Waals surface area contributed by atoms with E-state index in [-0.39, 0.29) is 23.8 Å². The van der Waals surface area contributed by atoms with Crippen molar-refractivity contribution in [3.8, 4) is 5.75 Å². The summed E-state index contributed by atoms with van der Waals surface area (Å²) in [6.07, 6.45) is -3.50. The average Bonchev–Trinajstić information content (AvgIpc) is 2.75. The summed E-state index contributed by atoms with van der Waals surface area (Å²) in [5.41, 5.74) is -2.17. The van der Waals surface area contributed by atoms with Gasteiger partial charge in [0.25, 0.3) is 12.3 Å². The third-order valence-electron chi connectivity index (χ3n) is 3.17. The number of ether oxygens (including phenoxy) is 1. The summed E-state index contributed by atoms with van der Waals surface area (Å²) in [4.78, 5) is 12.3. The van der Waals surface area contributed by atoms with Gasteiger partial charge in [-0.05, 0) is 45.0 Å². The van der Waals surface area contributed by atoms with E-state index in [1.54, 1.807) is 12.1 Å². The molecular weight excluding hydrogens is 294 g/mol. The number of nitrogens with zero attached hydrogens (tertiary/aromatic N) is 2. The molecule has 0 saturated heterocycles. The van der Waals surface area contributed by atoms with E-state index in [2.05, 4.69) is 5.10 Å². The quantitative estimate of drug-likeness (QED) is 0.929. The Bertz CT molecular complexity index is 587. The second-order valence-electron chi connectivity index (χ2n) is 5.50. The standard InChI is InChI=1S/C15H18F2N2O3/c1-9(2)22-12-6-4-11(5-7-12)13(20)19-15(21,14(16)17)8-10(3)18-19/h4-7,9,14,21H,8H2,1-3H3. The van der Waals surface area contributed by atoms with Crippen LogP contribution < -0.4 is 4.74 Å². The van der Waals surface area contributed by atoms with Gasteiger partial charge in [0.05, 0.1) is 6.10 Å². The topological polar surface area (TPSA) is 62.1 Å². The molecule has 7 heteroatoms. The van der Waals surface area contributed by atoms with Crippen molar-refractivity contribution in [2.24, 2.45) is 5.10 Å². The molecule has 1 amide bonds. The molecular formula is C15H18F2N2O3. The van der Waals surface area contributed by atoms with Crippen LogP contribution in [0.4, 0.5) is 8.78 Å². The number of carbonyl (C=O) groups is 1. The second kappa shape index (κ2) is 6.00. The number of amides is 1. The fraction of sp³-hybridized carbons (Fsp3) is 0.467. The first-order valence-corrected chi connectivity index (χ1v) is 6.90. The summed E-state index contributed by atoms with van der Waals surface area (Å²) >= 11 is 0. The highest BCUT2D eigenvalue weighted by Crippen LogP contribution is 2.32. The lowest BCUT2D eigenvalue weighted by Crippen LogP contribution is -2.51. The Morgan fingerprint density at radius 2 is 1.95 bits per heavy atom. The zero-order chi connectivity index (χ0) is 16.5. The number of benzene rings is 1. The molecule has 0 aliphatic carbocycles. The van der Waals surface area contributed by atoms with Gasteiger partial charge in [0.1, 0.15) is 5.75 Å². The van der Waals surface area contributed by atoms with Gasteiger partial charge in [-0.15, -0.1) is 0 Å². The van der Waals surface area contributed by atoms with Crippen LogP contribution in [-0.2, 0) is 0 Å². The highest BCUT2D eigenvalue weighted by molar-refractivity contribution is 5.97. The molecule has 0 bridgehead atoms. The van der Waals surface area contributed by atoms with E-state index in [1.807, 2.05) is 13.8 Å². The third-order valence-corrected chi connectivity index (χ3v) is 3.17. The molecule has 1 aromatic carbocycles. The van der Waals surface area contributed by atoms with Gasteiger partial charge in [-0.25, -0.2) is 8.78 Å². The molecule has 120 valence electrons. The van der Waals surface area contributed by atoms with Gasteiger partial charge in [0.15, 0.2) is 0 Å².